The lowest BCUT2D eigenvalue weighted by molar-refractivity contribution is -0.132. The van der Waals surface area contributed by atoms with E-state index in [1.165, 1.54) is 0 Å². The minimum absolute atomic E-state index is 0.0749. The summed E-state index contributed by atoms with van der Waals surface area (Å²) in [7, 11) is 1.76. The van der Waals surface area contributed by atoms with Gasteiger partial charge in [0, 0.05) is 19.0 Å². The molecule has 1 saturated heterocycles. The van der Waals surface area contributed by atoms with Gasteiger partial charge in [-0.1, -0.05) is 6.92 Å². The zero-order chi connectivity index (χ0) is 10.0. The van der Waals surface area contributed by atoms with Crippen molar-refractivity contribution in [2.24, 2.45) is 5.92 Å². The Hall–Kier alpha value is -0.610. The van der Waals surface area contributed by atoms with E-state index in [0.717, 1.165) is 0 Å². The van der Waals surface area contributed by atoms with Crippen LogP contribution in [0, 0.1) is 5.92 Å². The van der Waals surface area contributed by atoms with Crippen molar-refractivity contribution in [3.05, 3.63) is 0 Å². The first-order valence-electron chi connectivity index (χ1n) is 4.70. The number of nitrogens with one attached hydrogen (secondary N) is 1. The van der Waals surface area contributed by atoms with Crippen molar-refractivity contribution in [1.82, 2.24) is 10.2 Å². The Morgan fingerprint density at radius 3 is 2.62 bits per heavy atom. The van der Waals surface area contributed by atoms with Crippen LogP contribution in [0.2, 0.25) is 0 Å². The first-order valence-corrected chi connectivity index (χ1v) is 4.70. The van der Waals surface area contributed by atoms with E-state index in [1.807, 2.05) is 13.8 Å². The molecule has 0 aromatic rings. The number of likely N-dealkylation sites (tertiary alicyclic amines) is 1. The Balaban J connectivity index is 2.50. The largest absolute Gasteiger partial charge is 0.391 e. The van der Waals surface area contributed by atoms with Crippen LogP contribution in [-0.4, -0.2) is 48.2 Å². The van der Waals surface area contributed by atoms with E-state index in [0.29, 0.717) is 13.1 Å². The maximum atomic E-state index is 11.6. The number of carbonyl (C=O) groups excluding carboxylic acids is 1. The summed E-state index contributed by atoms with van der Waals surface area (Å²) in [5, 5.41) is 12.4. The average Bonchev–Trinajstić information content (AvgIpc) is 2.44. The minimum Gasteiger partial charge on any atom is -0.391 e. The highest BCUT2D eigenvalue weighted by atomic mass is 16.3. The van der Waals surface area contributed by atoms with Gasteiger partial charge >= 0.3 is 0 Å². The molecule has 1 aliphatic rings. The molecule has 0 saturated carbocycles. The van der Waals surface area contributed by atoms with Gasteiger partial charge < -0.3 is 15.3 Å². The smallest absolute Gasteiger partial charge is 0.239 e. The molecule has 0 aromatic carbocycles. The predicted molar refractivity (Wildman–Crippen MR) is 50.3 cm³/mol. The summed E-state index contributed by atoms with van der Waals surface area (Å²) < 4.78 is 0. The summed E-state index contributed by atoms with van der Waals surface area (Å²) in [5.41, 5.74) is 0. The number of carbonyl (C=O) groups is 1. The zero-order valence-electron chi connectivity index (χ0n) is 8.45. The fourth-order valence-corrected chi connectivity index (χ4v) is 1.53. The number of β-amino-alcohol motifs (C(OH)–C–C–N with tert-alkyl or cyclic N) is 1. The van der Waals surface area contributed by atoms with E-state index in [4.69, 9.17) is 0 Å². The number of aliphatic hydroxyl groups excluding tert-OH is 1. The third kappa shape index (κ3) is 2.19. The van der Waals surface area contributed by atoms with Crippen molar-refractivity contribution in [3.8, 4) is 0 Å². The summed E-state index contributed by atoms with van der Waals surface area (Å²) >= 11 is 0. The molecular weight excluding hydrogens is 168 g/mol. The van der Waals surface area contributed by atoms with Crippen molar-refractivity contribution in [2.75, 3.05) is 20.1 Å². The Kier molecular flexibility index (Phi) is 3.27. The molecule has 0 aromatic heterocycles. The number of hydrogen-bond acceptors (Lipinski definition) is 3. The van der Waals surface area contributed by atoms with E-state index in [9.17, 15) is 9.90 Å². The lowest BCUT2D eigenvalue weighted by Gasteiger charge is -2.19. The van der Waals surface area contributed by atoms with Crippen molar-refractivity contribution >= 4 is 5.91 Å². The summed E-state index contributed by atoms with van der Waals surface area (Å²) in [6.45, 7) is 4.94. The maximum Gasteiger partial charge on any atom is 0.239 e. The molecule has 4 heteroatoms. The van der Waals surface area contributed by atoms with E-state index >= 15 is 0 Å². The fraction of sp³-hybridized carbons (Fsp3) is 0.889. The Morgan fingerprint density at radius 1 is 1.62 bits per heavy atom. The number of likely N-dealkylation sites (N-methyl/N-ethyl adjacent to an activating group) is 1. The van der Waals surface area contributed by atoms with E-state index in [-0.39, 0.29) is 24.0 Å². The standard InChI is InChI=1S/C9H18N2O2/c1-6-4-11(5-8(6)12)9(13)7(2)10-3/h6-8,10,12H,4-5H2,1-3H3/t6?,7-,8?/m0/s1. The molecule has 1 amide bonds. The second-order valence-corrected chi connectivity index (χ2v) is 3.80. The first-order chi connectivity index (χ1) is 6.06. The van der Waals surface area contributed by atoms with Crippen molar-refractivity contribution in [3.63, 3.8) is 0 Å². The van der Waals surface area contributed by atoms with Gasteiger partial charge in [-0.25, -0.2) is 0 Å². The third-order valence-electron chi connectivity index (χ3n) is 2.69. The second-order valence-electron chi connectivity index (χ2n) is 3.80. The van der Waals surface area contributed by atoms with Gasteiger partial charge in [0.25, 0.3) is 0 Å². The molecule has 4 nitrogen and oxygen atoms in total. The van der Waals surface area contributed by atoms with Crippen LogP contribution in [0.1, 0.15) is 13.8 Å². The SMILES string of the molecule is CN[C@@H](C)C(=O)N1CC(C)C(O)C1. The van der Waals surface area contributed by atoms with Crippen LogP contribution in [0.5, 0.6) is 0 Å². The molecule has 13 heavy (non-hydrogen) atoms. The Morgan fingerprint density at radius 2 is 2.23 bits per heavy atom. The number of aliphatic hydroxyl groups is 1. The molecule has 76 valence electrons. The molecule has 3 atom stereocenters. The van der Waals surface area contributed by atoms with Crippen LogP contribution in [0.25, 0.3) is 0 Å². The highest BCUT2D eigenvalue weighted by Gasteiger charge is 2.32. The summed E-state index contributed by atoms with van der Waals surface area (Å²) in [6, 6.07) is -0.155. The van der Waals surface area contributed by atoms with Gasteiger partial charge in [-0.2, -0.15) is 0 Å². The van der Waals surface area contributed by atoms with Crippen LogP contribution in [0.4, 0.5) is 0 Å². The monoisotopic (exact) mass is 186 g/mol. The van der Waals surface area contributed by atoms with Crippen LogP contribution in [0.15, 0.2) is 0 Å². The summed E-state index contributed by atoms with van der Waals surface area (Å²) in [4.78, 5) is 13.3. The van der Waals surface area contributed by atoms with Gasteiger partial charge in [0.1, 0.15) is 0 Å². The Bertz CT molecular complexity index is 186. The zero-order valence-corrected chi connectivity index (χ0v) is 8.45. The van der Waals surface area contributed by atoms with Crippen molar-refractivity contribution < 1.29 is 9.90 Å². The van der Waals surface area contributed by atoms with E-state index in [1.54, 1.807) is 11.9 Å². The van der Waals surface area contributed by atoms with Crippen LogP contribution < -0.4 is 5.32 Å². The molecule has 1 aliphatic heterocycles. The van der Waals surface area contributed by atoms with Crippen molar-refractivity contribution in [2.45, 2.75) is 26.0 Å². The lowest BCUT2D eigenvalue weighted by Crippen LogP contribution is -2.42. The van der Waals surface area contributed by atoms with Gasteiger partial charge in [-0.15, -0.1) is 0 Å². The van der Waals surface area contributed by atoms with E-state index < -0.39 is 0 Å². The van der Waals surface area contributed by atoms with Gasteiger partial charge in [0.2, 0.25) is 5.91 Å². The molecule has 0 radical (unpaired) electrons. The maximum absolute atomic E-state index is 11.6. The first kappa shape index (κ1) is 10.5. The minimum atomic E-state index is -0.354. The van der Waals surface area contributed by atoms with E-state index in [2.05, 4.69) is 5.32 Å². The molecule has 2 unspecified atom stereocenters. The number of nitrogens with zero attached hydrogens (tertiary/aromatic N) is 1. The quantitative estimate of drug-likeness (QED) is 0.607. The highest BCUT2D eigenvalue weighted by Crippen LogP contribution is 2.16. The number of hydrogen-bond donors (Lipinski definition) is 2. The molecule has 1 fully saturated rings. The highest BCUT2D eigenvalue weighted by molar-refractivity contribution is 5.81. The average molecular weight is 186 g/mol. The topological polar surface area (TPSA) is 52.6 Å². The van der Waals surface area contributed by atoms with Crippen LogP contribution in [-0.2, 0) is 4.79 Å². The van der Waals surface area contributed by atoms with Gasteiger partial charge in [0.05, 0.1) is 12.1 Å². The Labute approximate surface area is 78.9 Å². The predicted octanol–water partition coefficient (Wildman–Crippen LogP) is -0.567. The molecule has 0 aliphatic carbocycles. The second kappa shape index (κ2) is 4.07. The molecule has 1 heterocycles. The molecule has 0 bridgehead atoms. The van der Waals surface area contributed by atoms with Gasteiger partial charge in [-0.3, -0.25) is 4.79 Å². The molecule has 0 spiro atoms. The van der Waals surface area contributed by atoms with Crippen LogP contribution >= 0.6 is 0 Å². The normalized spacial score (nSPS) is 30.6. The van der Waals surface area contributed by atoms with Crippen LogP contribution in [0.3, 0.4) is 0 Å². The lowest BCUT2D eigenvalue weighted by atomic mass is 10.1. The molecule has 2 N–H and O–H groups in total. The number of amides is 1. The third-order valence-corrected chi connectivity index (χ3v) is 2.69. The van der Waals surface area contributed by atoms with Crippen molar-refractivity contribution in [1.29, 1.82) is 0 Å². The summed E-state index contributed by atoms with van der Waals surface area (Å²) in [6.07, 6.45) is -0.354. The fourth-order valence-electron chi connectivity index (χ4n) is 1.53. The summed E-state index contributed by atoms with van der Waals surface area (Å²) in [5.74, 6) is 0.277. The van der Waals surface area contributed by atoms with Gasteiger partial charge in [-0.05, 0) is 14.0 Å². The molecule has 1 rings (SSSR count). The number of rotatable bonds is 2. The van der Waals surface area contributed by atoms with Gasteiger partial charge in [0.15, 0.2) is 0 Å². The molecular formula is C9H18N2O2.